The van der Waals surface area contributed by atoms with Crippen LogP contribution in [0, 0.1) is 19.7 Å². The standard InChI is InChI=1S/C16H18ClFN2/c1-10-6-7-11(2)12(8-10)9-15(20-19)13-4-3-5-14(17)16(13)18/h3-8,15,20H,9,19H2,1-2H3. The number of hydrazine groups is 1. The molecule has 106 valence electrons. The van der Waals surface area contributed by atoms with E-state index >= 15 is 0 Å². The van der Waals surface area contributed by atoms with Gasteiger partial charge in [-0.15, -0.1) is 0 Å². The first kappa shape index (κ1) is 15.0. The molecule has 20 heavy (non-hydrogen) atoms. The van der Waals surface area contributed by atoms with Gasteiger partial charge < -0.3 is 0 Å². The Morgan fingerprint density at radius 3 is 2.70 bits per heavy atom. The van der Waals surface area contributed by atoms with E-state index < -0.39 is 5.82 Å². The Morgan fingerprint density at radius 1 is 1.25 bits per heavy atom. The highest BCUT2D eigenvalue weighted by Crippen LogP contribution is 2.26. The second kappa shape index (κ2) is 6.35. The summed E-state index contributed by atoms with van der Waals surface area (Å²) in [5.74, 6) is 5.19. The van der Waals surface area contributed by atoms with Gasteiger partial charge in [0.2, 0.25) is 0 Å². The van der Waals surface area contributed by atoms with Crippen molar-refractivity contribution in [3.63, 3.8) is 0 Å². The Hall–Kier alpha value is -1.42. The molecule has 0 aliphatic rings. The number of nitrogens with one attached hydrogen (secondary N) is 1. The topological polar surface area (TPSA) is 38.0 Å². The molecule has 0 radical (unpaired) electrons. The van der Waals surface area contributed by atoms with Gasteiger partial charge >= 0.3 is 0 Å². The minimum Gasteiger partial charge on any atom is -0.271 e. The van der Waals surface area contributed by atoms with Crippen molar-refractivity contribution in [3.8, 4) is 0 Å². The molecule has 0 fully saturated rings. The molecule has 1 unspecified atom stereocenters. The molecular formula is C16H18ClFN2. The Morgan fingerprint density at radius 2 is 2.00 bits per heavy atom. The van der Waals surface area contributed by atoms with Crippen LogP contribution in [0.5, 0.6) is 0 Å². The van der Waals surface area contributed by atoms with Crippen LogP contribution in [0.15, 0.2) is 36.4 Å². The summed E-state index contributed by atoms with van der Waals surface area (Å²) >= 11 is 5.83. The fourth-order valence-corrected chi connectivity index (χ4v) is 2.47. The van der Waals surface area contributed by atoms with Crippen LogP contribution in [-0.2, 0) is 6.42 Å². The van der Waals surface area contributed by atoms with E-state index in [9.17, 15) is 4.39 Å². The van der Waals surface area contributed by atoms with Crippen molar-refractivity contribution in [1.29, 1.82) is 0 Å². The second-order valence-corrected chi connectivity index (χ2v) is 5.40. The van der Waals surface area contributed by atoms with Gasteiger partial charge in [-0.3, -0.25) is 11.3 Å². The highest BCUT2D eigenvalue weighted by Gasteiger charge is 2.17. The maximum atomic E-state index is 14.1. The molecule has 0 aromatic heterocycles. The number of benzene rings is 2. The minimum absolute atomic E-state index is 0.115. The van der Waals surface area contributed by atoms with E-state index in [0.29, 0.717) is 12.0 Å². The van der Waals surface area contributed by atoms with E-state index in [1.165, 1.54) is 17.2 Å². The van der Waals surface area contributed by atoms with E-state index in [1.807, 2.05) is 13.8 Å². The van der Waals surface area contributed by atoms with Crippen molar-refractivity contribution in [2.75, 3.05) is 0 Å². The highest BCUT2D eigenvalue weighted by atomic mass is 35.5. The van der Waals surface area contributed by atoms with Crippen molar-refractivity contribution in [2.24, 2.45) is 5.84 Å². The SMILES string of the molecule is Cc1ccc(C)c(CC(NN)c2cccc(Cl)c2F)c1. The largest absolute Gasteiger partial charge is 0.271 e. The van der Waals surface area contributed by atoms with Crippen molar-refractivity contribution in [2.45, 2.75) is 26.3 Å². The number of halogens is 2. The van der Waals surface area contributed by atoms with Crippen LogP contribution < -0.4 is 11.3 Å². The third-order valence-corrected chi connectivity index (χ3v) is 3.78. The summed E-state index contributed by atoms with van der Waals surface area (Å²) in [6.07, 6.45) is 0.612. The van der Waals surface area contributed by atoms with Gasteiger partial charge in [0.05, 0.1) is 11.1 Å². The van der Waals surface area contributed by atoms with Crippen molar-refractivity contribution < 1.29 is 4.39 Å². The number of rotatable bonds is 4. The van der Waals surface area contributed by atoms with Crippen LogP contribution in [-0.4, -0.2) is 0 Å². The summed E-state index contributed by atoms with van der Waals surface area (Å²) in [6.45, 7) is 4.07. The molecule has 3 N–H and O–H groups in total. The lowest BCUT2D eigenvalue weighted by molar-refractivity contribution is 0.510. The number of aryl methyl sites for hydroxylation is 2. The normalized spacial score (nSPS) is 12.4. The maximum Gasteiger partial charge on any atom is 0.146 e. The molecule has 0 saturated carbocycles. The predicted molar refractivity (Wildman–Crippen MR) is 81.1 cm³/mol. The van der Waals surface area contributed by atoms with Gasteiger partial charge in [0.15, 0.2) is 0 Å². The molecular weight excluding hydrogens is 275 g/mol. The fraction of sp³-hybridized carbons (Fsp3) is 0.250. The third-order valence-electron chi connectivity index (χ3n) is 3.49. The minimum atomic E-state index is -0.414. The quantitative estimate of drug-likeness (QED) is 0.664. The number of nitrogens with two attached hydrogens (primary N) is 1. The van der Waals surface area contributed by atoms with Crippen molar-refractivity contribution in [3.05, 3.63) is 69.5 Å². The molecule has 0 saturated heterocycles. The van der Waals surface area contributed by atoms with Gasteiger partial charge in [0.25, 0.3) is 0 Å². The smallest absolute Gasteiger partial charge is 0.146 e. The Bertz CT molecular complexity index is 613. The summed E-state index contributed by atoms with van der Waals surface area (Å²) < 4.78 is 14.1. The Kier molecular flexibility index (Phi) is 4.76. The Labute approximate surface area is 123 Å². The first-order chi connectivity index (χ1) is 9.52. The molecule has 0 aliphatic carbocycles. The number of hydrogen-bond donors (Lipinski definition) is 2. The summed E-state index contributed by atoms with van der Waals surface area (Å²) in [4.78, 5) is 0. The average molecular weight is 293 g/mol. The van der Waals surface area contributed by atoms with Gasteiger partial charge in [-0.2, -0.15) is 0 Å². The lowest BCUT2D eigenvalue weighted by Crippen LogP contribution is -2.30. The van der Waals surface area contributed by atoms with Gasteiger partial charge in [-0.05, 0) is 37.5 Å². The first-order valence-corrected chi connectivity index (χ1v) is 6.87. The Balaban J connectivity index is 2.34. The molecule has 2 rings (SSSR count). The van der Waals surface area contributed by atoms with Gasteiger partial charge in [0.1, 0.15) is 5.82 Å². The molecule has 2 aromatic rings. The van der Waals surface area contributed by atoms with E-state index in [1.54, 1.807) is 12.1 Å². The summed E-state index contributed by atoms with van der Waals surface area (Å²) in [6, 6.07) is 10.9. The van der Waals surface area contributed by atoms with Crippen molar-refractivity contribution >= 4 is 11.6 Å². The van der Waals surface area contributed by atoms with Crippen molar-refractivity contribution in [1.82, 2.24) is 5.43 Å². The van der Waals surface area contributed by atoms with Crippen LogP contribution >= 0.6 is 11.6 Å². The summed E-state index contributed by atoms with van der Waals surface area (Å²) in [5, 5.41) is 0.115. The summed E-state index contributed by atoms with van der Waals surface area (Å²) in [5.41, 5.74) is 6.65. The van der Waals surface area contributed by atoms with Crippen LogP contribution in [0.3, 0.4) is 0 Å². The molecule has 0 aliphatic heterocycles. The van der Waals surface area contributed by atoms with Crippen LogP contribution in [0.25, 0.3) is 0 Å². The molecule has 0 bridgehead atoms. The molecule has 0 heterocycles. The molecule has 2 aromatic carbocycles. The van der Waals surface area contributed by atoms with Crippen LogP contribution in [0.4, 0.5) is 4.39 Å². The maximum absolute atomic E-state index is 14.1. The van der Waals surface area contributed by atoms with Gasteiger partial charge in [-0.25, -0.2) is 4.39 Å². The monoisotopic (exact) mass is 292 g/mol. The zero-order chi connectivity index (χ0) is 14.7. The van der Waals surface area contributed by atoms with Crippen LogP contribution in [0.2, 0.25) is 5.02 Å². The second-order valence-electron chi connectivity index (χ2n) is 5.00. The van der Waals surface area contributed by atoms with E-state index in [0.717, 1.165) is 5.56 Å². The molecule has 0 amide bonds. The van der Waals surface area contributed by atoms with E-state index in [2.05, 4.69) is 23.6 Å². The third kappa shape index (κ3) is 3.18. The van der Waals surface area contributed by atoms with E-state index in [-0.39, 0.29) is 11.1 Å². The molecule has 2 nitrogen and oxygen atoms in total. The fourth-order valence-electron chi connectivity index (χ4n) is 2.29. The lowest BCUT2D eigenvalue weighted by Gasteiger charge is -2.19. The lowest BCUT2D eigenvalue weighted by atomic mass is 9.95. The summed E-state index contributed by atoms with van der Waals surface area (Å²) in [7, 11) is 0. The van der Waals surface area contributed by atoms with Gasteiger partial charge in [-0.1, -0.05) is 47.5 Å². The van der Waals surface area contributed by atoms with E-state index in [4.69, 9.17) is 17.4 Å². The first-order valence-electron chi connectivity index (χ1n) is 6.49. The zero-order valence-electron chi connectivity index (χ0n) is 11.6. The average Bonchev–Trinajstić information content (AvgIpc) is 2.43. The van der Waals surface area contributed by atoms with Gasteiger partial charge in [0, 0.05) is 5.56 Å². The molecule has 0 spiro atoms. The number of hydrogen-bond acceptors (Lipinski definition) is 2. The molecule has 4 heteroatoms. The molecule has 1 atom stereocenters. The predicted octanol–water partition coefficient (Wildman–Crippen LogP) is 3.84. The van der Waals surface area contributed by atoms with Crippen LogP contribution in [0.1, 0.15) is 28.3 Å². The highest BCUT2D eigenvalue weighted by molar-refractivity contribution is 6.30. The zero-order valence-corrected chi connectivity index (χ0v) is 12.3.